The SMILES string of the molecule is CCCCCNC(=O)C[C@H](NC(=O)Nc1cccc(C(=O)O)c1)c1ccc(OC(C(=O)O)C(=O)O)cc1. The smallest absolute Gasteiger partial charge is 0.356 e. The van der Waals surface area contributed by atoms with E-state index in [0.717, 1.165) is 19.3 Å². The molecule has 198 valence electrons. The van der Waals surface area contributed by atoms with Crippen LogP contribution in [0.4, 0.5) is 10.5 Å². The molecule has 12 heteroatoms. The molecule has 6 N–H and O–H groups in total. The first-order valence-corrected chi connectivity index (χ1v) is 11.5. The Hall–Kier alpha value is -4.61. The lowest BCUT2D eigenvalue weighted by Gasteiger charge is -2.20. The number of benzene rings is 2. The minimum Gasteiger partial charge on any atom is -0.478 e. The number of aliphatic carboxylic acids is 2. The lowest BCUT2D eigenvalue weighted by atomic mass is 10.0. The van der Waals surface area contributed by atoms with Gasteiger partial charge >= 0.3 is 23.9 Å². The highest BCUT2D eigenvalue weighted by Gasteiger charge is 2.28. The second-order valence-electron chi connectivity index (χ2n) is 8.04. The third-order valence-corrected chi connectivity index (χ3v) is 5.15. The maximum atomic E-state index is 12.7. The molecule has 0 aliphatic carbocycles. The van der Waals surface area contributed by atoms with Gasteiger partial charge in [0.2, 0.25) is 5.91 Å². The Morgan fingerprint density at radius 2 is 1.59 bits per heavy atom. The van der Waals surface area contributed by atoms with Crippen molar-refractivity contribution in [2.45, 2.75) is 44.8 Å². The third kappa shape index (κ3) is 9.51. The van der Waals surface area contributed by atoms with Crippen LogP contribution in [0.5, 0.6) is 5.75 Å². The maximum Gasteiger partial charge on any atom is 0.356 e. The Kier molecular flexibility index (Phi) is 10.9. The van der Waals surface area contributed by atoms with Gasteiger partial charge in [0.15, 0.2) is 0 Å². The first-order chi connectivity index (χ1) is 17.6. The van der Waals surface area contributed by atoms with E-state index in [2.05, 4.69) is 16.0 Å². The molecule has 2 aromatic rings. The number of carbonyl (C=O) groups excluding carboxylic acids is 2. The van der Waals surface area contributed by atoms with Crippen LogP contribution in [0, 0.1) is 0 Å². The molecule has 0 aliphatic rings. The molecule has 2 rings (SSSR count). The Bertz CT molecular complexity index is 1100. The van der Waals surface area contributed by atoms with Gasteiger partial charge in [-0.2, -0.15) is 0 Å². The minimum absolute atomic E-state index is 0.0163. The summed E-state index contributed by atoms with van der Waals surface area (Å²) >= 11 is 0. The fourth-order valence-electron chi connectivity index (χ4n) is 3.29. The fraction of sp³-hybridized carbons (Fsp3) is 0.320. The van der Waals surface area contributed by atoms with Gasteiger partial charge in [-0.25, -0.2) is 19.2 Å². The number of carboxylic acids is 3. The first kappa shape index (κ1) is 28.6. The topological polar surface area (TPSA) is 191 Å². The van der Waals surface area contributed by atoms with E-state index in [1.54, 1.807) is 0 Å². The first-order valence-electron chi connectivity index (χ1n) is 11.5. The Balaban J connectivity index is 2.17. The Morgan fingerprint density at radius 1 is 0.919 bits per heavy atom. The maximum absolute atomic E-state index is 12.7. The second-order valence-corrected chi connectivity index (χ2v) is 8.04. The number of urea groups is 1. The van der Waals surface area contributed by atoms with Crippen molar-refractivity contribution in [1.82, 2.24) is 10.6 Å². The predicted octanol–water partition coefficient (Wildman–Crippen LogP) is 2.86. The molecule has 37 heavy (non-hydrogen) atoms. The van der Waals surface area contributed by atoms with E-state index in [9.17, 15) is 24.0 Å². The molecule has 2 aromatic carbocycles. The molecule has 0 fully saturated rings. The van der Waals surface area contributed by atoms with E-state index in [1.165, 1.54) is 48.5 Å². The van der Waals surface area contributed by atoms with Crippen LogP contribution < -0.4 is 20.7 Å². The minimum atomic E-state index is -2.10. The van der Waals surface area contributed by atoms with E-state index in [-0.39, 0.29) is 29.3 Å². The number of nitrogens with one attached hydrogen (secondary N) is 3. The highest BCUT2D eigenvalue weighted by atomic mass is 16.5. The molecule has 0 heterocycles. The average molecular weight is 516 g/mol. The Morgan fingerprint density at radius 3 is 2.19 bits per heavy atom. The van der Waals surface area contributed by atoms with Crippen LogP contribution in [0.3, 0.4) is 0 Å². The summed E-state index contributed by atoms with van der Waals surface area (Å²) < 4.78 is 4.99. The number of ether oxygens (including phenoxy) is 1. The van der Waals surface area contributed by atoms with Crippen molar-refractivity contribution >= 4 is 35.5 Å². The Labute approximate surface area is 212 Å². The van der Waals surface area contributed by atoms with Crippen molar-refractivity contribution in [2.24, 2.45) is 0 Å². The van der Waals surface area contributed by atoms with Gasteiger partial charge in [-0.3, -0.25) is 4.79 Å². The molecule has 0 saturated carbocycles. The van der Waals surface area contributed by atoms with Gasteiger partial charge in [-0.05, 0) is 42.3 Å². The third-order valence-electron chi connectivity index (χ3n) is 5.15. The van der Waals surface area contributed by atoms with Gasteiger partial charge < -0.3 is 36.0 Å². The van der Waals surface area contributed by atoms with Crippen molar-refractivity contribution in [3.8, 4) is 5.75 Å². The normalized spacial score (nSPS) is 11.3. The molecule has 0 saturated heterocycles. The van der Waals surface area contributed by atoms with E-state index < -0.39 is 36.1 Å². The molecular weight excluding hydrogens is 486 g/mol. The molecule has 0 spiro atoms. The highest BCUT2D eigenvalue weighted by Crippen LogP contribution is 2.22. The summed E-state index contributed by atoms with van der Waals surface area (Å²) in [5.41, 5.74) is 0.683. The molecule has 0 unspecified atom stereocenters. The summed E-state index contributed by atoms with van der Waals surface area (Å²) in [4.78, 5) is 58.5. The number of carboxylic acid groups (broad SMARTS) is 3. The zero-order valence-electron chi connectivity index (χ0n) is 20.1. The summed E-state index contributed by atoms with van der Waals surface area (Å²) in [6.45, 7) is 2.52. The van der Waals surface area contributed by atoms with E-state index in [1.807, 2.05) is 6.92 Å². The van der Waals surface area contributed by atoms with Crippen LogP contribution in [-0.4, -0.2) is 57.8 Å². The van der Waals surface area contributed by atoms with E-state index in [4.69, 9.17) is 20.1 Å². The summed E-state index contributed by atoms with van der Waals surface area (Å²) in [7, 11) is 0. The number of rotatable bonds is 14. The molecule has 0 bridgehead atoms. The molecular formula is C25H29N3O9. The van der Waals surface area contributed by atoms with Crippen molar-refractivity contribution in [1.29, 1.82) is 0 Å². The van der Waals surface area contributed by atoms with Crippen molar-refractivity contribution < 1.29 is 44.0 Å². The number of unbranched alkanes of at least 4 members (excludes halogenated alkanes) is 2. The second kappa shape index (κ2) is 14.1. The zero-order chi connectivity index (χ0) is 27.4. The number of hydrogen-bond donors (Lipinski definition) is 6. The van der Waals surface area contributed by atoms with Crippen molar-refractivity contribution in [3.05, 3.63) is 59.7 Å². The predicted molar refractivity (Wildman–Crippen MR) is 132 cm³/mol. The fourth-order valence-corrected chi connectivity index (χ4v) is 3.29. The van der Waals surface area contributed by atoms with Gasteiger partial charge in [-0.15, -0.1) is 0 Å². The van der Waals surface area contributed by atoms with Crippen molar-refractivity contribution in [3.63, 3.8) is 0 Å². The van der Waals surface area contributed by atoms with Gasteiger partial charge in [0, 0.05) is 12.2 Å². The highest BCUT2D eigenvalue weighted by molar-refractivity contribution is 5.96. The van der Waals surface area contributed by atoms with Gasteiger partial charge in [0.05, 0.1) is 18.0 Å². The summed E-state index contributed by atoms with van der Waals surface area (Å²) in [5, 5.41) is 35.1. The summed E-state index contributed by atoms with van der Waals surface area (Å²) in [6, 6.07) is 9.72. The van der Waals surface area contributed by atoms with E-state index >= 15 is 0 Å². The lowest BCUT2D eigenvalue weighted by molar-refractivity contribution is -0.159. The standard InChI is InChI=1S/C25H29N3O9/c1-2-3-4-12-26-20(29)14-19(28-25(36)27-17-7-5-6-16(13-17)22(30)31)15-8-10-18(11-9-15)37-21(23(32)33)24(34)35/h5-11,13,19,21H,2-4,12,14H2,1H3,(H,26,29)(H,30,31)(H,32,33)(H,34,35)(H2,27,28,36)/t19-/m0/s1. The van der Waals surface area contributed by atoms with Crippen LogP contribution in [0.25, 0.3) is 0 Å². The van der Waals surface area contributed by atoms with Crippen LogP contribution in [0.2, 0.25) is 0 Å². The van der Waals surface area contributed by atoms with Crippen LogP contribution >= 0.6 is 0 Å². The monoisotopic (exact) mass is 515 g/mol. The molecule has 0 radical (unpaired) electrons. The quantitative estimate of drug-likeness (QED) is 0.162. The number of anilines is 1. The number of hydrogen-bond acceptors (Lipinski definition) is 6. The zero-order valence-corrected chi connectivity index (χ0v) is 20.1. The molecule has 12 nitrogen and oxygen atoms in total. The van der Waals surface area contributed by atoms with Crippen LogP contribution in [-0.2, 0) is 14.4 Å². The van der Waals surface area contributed by atoms with Gasteiger partial charge in [0.25, 0.3) is 6.10 Å². The largest absolute Gasteiger partial charge is 0.478 e. The van der Waals surface area contributed by atoms with E-state index in [0.29, 0.717) is 12.1 Å². The summed E-state index contributed by atoms with van der Waals surface area (Å²) in [5.74, 6) is -4.83. The average Bonchev–Trinajstić information content (AvgIpc) is 2.85. The molecule has 0 aliphatic heterocycles. The molecule has 0 aromatic heterocycles. The van der Waals surface area contributed by atoms with Gasteiger partial charge in [0.1, 0.15) is 5.75 Å². The molecule has 1 atom stereocenters. The number of amides is 3. The summed E-state index contributed by atoms with van der Waals surface area (Å²) in [6.07, 6.45) is 0.529. The van der Waals surface area contributed by atoms with Crippen molar-refractivity contribution in [2.75, 3.05) is 11.9 Å². The number of aromatic carboxylic acids is 1. The van der Waals surface area contributed by atoms with Crippen LogP contribution in [0.15, 0.2) is 48.5 Å². The lowest BCUT2D eigenvalue weighted by Crippen LogP contribution is -2.36. The van der Waals surface area contributed by atoms with Crippen LogP contribution in [0.1, 0.15) is 54.6 Å². The van der Waals surface area contributed by atoms with Gasteiger partial charge in [-0.1, -0.05) is 38.0 Å². The molecule has 3 amide bonds. The number of carbonyl (C=O) groups is 5.